The number of fused-ring (bicyclic) bond motifs is 2. The minimum atomic E-state index is -0.388. The van der Waals surface area contributed by atoms with E-state index in [2.05, 4.69) is 17.2 Å². The molecule has 5 nitrogen and oxygen atoms in total. The van der Waals surface area contributed by atoms with E-state index >= 15 is 0 Å². The Morgan fingerprint density at radius 1 is 1.08 bits per heavy atom. The number of aryl methyl sites for hydroxylation is 2. The van der Waals surface area contributed by atoms with Gasteiger partial charge in [0, 0.05) is 35.1 Å². The third kappa shape index (κ3) is 2.80. The van der Waals surface area contributed by atoms with Crippen molar-refractivity contribution in [2.45, 2.75) is 27.3 Å². The van der Waals surface area contributed by atoms with Crippen molar-refractivity contribution in [2.24, 2.45) is 0 Å². The number of rotatable bonds is 4. The maximum absolute atomic E-state index is 12.0. The smallest absolute Gasteiger partial charge is 0.336 e. The first kappa shape index (κ1) is 16.5. The molecule has 4 aromatic rings. The van der Waals surface area contributed by atoms with Crippen LogP contribution in [0.15, 0.2) is 50.2 Å². The zero-order valence-corrected chi connectivity index (χ0v) is 15.1. The Balaban J connectivity index is 1.96. The van der Waals surface area contributed by atoms with Gasteiger partial charge in [0.2, 0.25) is 0 Å². The molecule has 0 aliphatic rings. The van der Waals surface area contributed by atoms with Crippen LogP contribution in [0.2, 0.25) is 0 Å². The van der Waals surface area contributed by atoms with E-state index in [1.165, 1.54) is 6.07 Å². The first-order chi connectivity index (χ1) is 12.6. The summed E-state index contributed by atoms with van der Waals surface area (Å²) in [6.07, 6.45) is 1.88. The first-order valence-electron chi connectivity index (χ1n) is 8.70. The molecule has 26 heavy (non-hydrogen) atoms. The lowest BCUT2D eigenvalue weighted by Gasteiger charge is -2.03. The van der Waals surface area contributed by atoms with Crippen LogP contribution in [-0.4, -0.2) is 11.5 Å². The Morgan fingerprint density at radius 3 is 2.73 bits per heavy atom. The minimum absolute atomic E-state index is 0.388. The van der Waals surface area contributed by atoms with E-state index in [1.807, 2.05) is 44.3 Å². The largest absolute Gasteiger partial charge is 0.454 e. The molecule has 0 aliphatic carbocycles. The fraction of sp³-hybridized carbons (Fsp3) is 0.238. The Bertz CT molecular complexity index is 1170. The summed E-state index contributed by atoms with van der Waals surface area (Å²) in [5.41, 5.74) is 4.61. The number of furan rings is 1. The highest BCUT2D eigenvalue weighted by molar-refractivity contribution is 5.95. The van der Waals surface area contributed by atoms with Gasteiger partial charge in [-0.15, -0.1) is 0 Å². The van der Waals surface area contributed by atoms with Crippen molar-refractivity contribution in [3.63, 3.8) is 0 Å². The van der Waals surface area contributed by atoms with Crippen LogP contribution in [0.1, 0.15) is 23.7 Å². The molecule has 3 aromatic heterocycles. The van der Waals surface area contributed by atoms with Gasteiger partial charge in [-0.3, -0.25) is 4.98 Å². The van der Waals surface area contributed by atoms with Crippen LogP contribution in [0.3, 0.4) is 0 Å². The van der Waals surface area contributed by atoms with Gasteiger partial charge in [-0.05, 0) is 43.7 Å². The third-order valence-electron chi connectivity index (χ3n) is 4.55. The van der Waals surface area contributed by atoms with Gasteiger partial charge >= 0.3 is 5.63 Å². The lowest BCUT2D eigenvalue weighted by Crippen LogP contribution is -2.12. The van der Waals surface area contributed by atoms with Gasteiger partial charge in [0.05, 0.1) is 5.69 Å². The van der Waals surface area contributed by atoms with Crippen molar-refractivity contribution < 1.29 is 8.83 Å². The van der Waals surface area contributed by atoms with Gasteiger partial charge in [-0.2, -0.15) is 0 Å². The minimum Gasteiger partial charge on any atom is -0.454 e. The normalized spacial score (nSPS) is 11.5. The van der Waals surface area contributed by atoms with Gasteiger partial charge in [-0.1, -0.05) is 19.1 Å². The summed E-state index contributed by atoms with van der Waals surface area (Å²) in [5, 5.41) is 5.19. The quantitative estimate of drug-likeness (QED) is 0.556. The highest BCUT2D eigenvalue weighted by Gasteiger charge is 2.16. The number of aromatic nitrogens is 1. The lowest BCUT2D eigenvalue weighted by atomic mass is 10.1. The molecule has 0 saturated heterocycles. The molecule has 3 heterocycles. The van der Waals surface area contributed by atoms with Crippen molar-refractivity contribution in [2.75, 3.05) is 6.54 Å². The summed E-state index contributed by atoms with van der Waals surface area (Å²) in [6.45, 7) is 7.56. The molecule has 0 unspecified atom stereocenters. The molecule has 5 heteroatoms. The third-order valence-corrected chi connectivity index (χ3v) is 4.55. The molecule has 0 amide bonds. The van der Waals surface area contributed by atoms with Crippen LogP contribution in [0.5, 0.6) is 0 Å². The fourth-order valence-electron chi connectivity index (χ4n) is 3.21. The summed E-state index contributed by atoms with van der Waals surface area (Å²) in [6, 6.07) is 9.30. The predicted octanol–water partition coefficient (Wildman–Crippen LogP) is 4.33. The maximum Gasteiger partial charge on any atom is 0.336 e. The molecule has 0 aliphatic heterocycles. The Labute approximate surface area is 150 Å². The molecule has 132 valence electrons. The topological polar surface area (TPSA) is 68.3 Å². The van der Waals surface area contributed by atoms with Crippen molar-refractivity contribution in [3.05, 3.63) is 63.8 Å². The van der Waals surface area contributed by atoms with Gasteiger partial charge in [0.1, 0.15) is 11.3 Å². The highest BCUT2D eigenvalue weighted by Crippen LogP contribution is 2.34. The van der Waals surface area contributed by atoms with Crippen LogP contribution in [-0.2, 0) is 6.54 Å². The van der Waals surface area contributed by atoms with Crippen molar-refractivity contribution in [3.8, 4) is 11.3 Å². The van der Waals surface area contributed by atoms with E-state index in [9.17, 15) is 4.79 Å². The van der Waals surface area contributed by atoms with Crippen LogP contribution in [0.4, 0.5) is 0 Å². The molecule has 4 rings (SSSR count). The predicted molar refractivity (Wildman–Crippen MR) is 102 cm³/mol. The summed E-state index contributed by atoms with van der Waals surface area (Å²) in [7, 11) is 0. The Hall–Kier alpha value is -2.92. The second-order valence-electron chi connectivity index (χ2n) is 6.48. The zero-order chi connectivity index (χ0) is 18.3. The molecule has 0 atom stereocenters. The number of nitrogens with one attached hydrogen (secondary N) is 1. The van der Waals surface area contributed by atoms with Crippen LogP contribution in [0.25, 0.3) is 33.3 Å². The van der Waals surface area contributed by atoms with E-state index in [0.29, 0.717) is 11.3 Å². The van der Waals surface area contributed by atoms with Crippen LogP contribution >= 0.6 is 0 Å². The second kappa shape index (κ2) is 6.42. The van der Waals surface area contributed by atoms with Gasteiger partial charge < -0.3 is 14.2 Å². The van der Waals surface area contributed by atoms with E-state index in [4.69, 9.17) is 8.83 Å². The molecule has 0 saturated carbocycles. The highest BCUT2D eigenvalue weighted by atomic mass is 16.4. The van der Waals surface area contributed by atoms with E-state index in [0.717, 1.165) is 51.8 Å². The van der Waals surface area contributed by atoms with E-state index in [-0.39, 0.29) is 5.63 Å². The Kier molecular flexibility index (Phi) is 4.09. The Morgan fingerprint density at radius 2 is 1.92 bits per heavy atom. The van der Waals surface area contributed by atoms with E-state index in [1.54, 1.807) is 0 Å². The molecule has 1 aromatic carbocycles. The van der Waals surface area contributed by atoms with Gasteiger partial charge in [0.15, 0.2) is 5.58 Å². The first-order valence-corrected chi connectivity index (χ1v) is 8.70. The van der Waals surface area contributed by atoms with E-state index < -0.39 is 0 Å². The summed E-state index contributed by atoms with van der Waals surface area (Å²) < 4.78 is 11.5. The molecule has 0 fully saturated rings. The van der Waals surface area contributed by atoms with Crippen molar-refractivity contribution in [1.29, 1.82) is 0 Å². The summed E-state index contributed by atoms with van der Waals surface area (Å²) in [5.74, 6) is 0.649. The standard InChI is InChI=1S/C21H20N2O3/c1-4-22-10-14-11-23-13(3)21-16(14)8-19(26-21)17-9-20(24)25-18-7-12(2)5-6-15(17)18/h5-9,11,22H,4,10H2,1-3H3. The summed E-state index contributed by atoms with van der Waals surface area (Å²) >= 11 is 0. The zero-order valence-electron chi connectivity index (χ0n) is 15.1. The second-order valence-corrected chi connectivity index (χ2v) is 6.48. The van der Waals surface area contributed by atoms with Crippen molar-refractivity contribution >= 4 is 21.9 Å². The van der Waals surface area contributed by atoms with Gasteiger partial charge in [0.25, 0.3) is 0 Å². The van der Waals surface area contributed by atoms with Gasteiger partial charge in [-0.25, -0.2) is 4.79 Å². The van der Waals surface area contributed by atoms with Crippen molar-refractivity contribution in [1.82, 2.24) is 10.3 Å². The molecular formula is C21H20N2O3. The lowest BCUT2D eigenvalue weighted by molar-refractivity contribution is 0.559. The monoisotopic (exact) mass is 348 g/mol. The summed E-state index contributed by atoms with van der Waals surface area (Å²) in [4.78, 5) is 16.5. The average Bonchev–Trinajstić information content (AvgIpc) is 3.06. The number of hydrogen-bond donors (Lipinski definition) is 1. The molecular weight excluding hydrogens is 328 g/mol. The number of pyridine rings is 1. The maximum atomic E-state index is 12.0. The molecule has 0 bridgehead atoms. The average molecular weight is 348 g/mol. The van der Waals surface area contributed by atoms with Crippen LogP contribution < -0.4 is 10.9 Å². The fourth-order valence-corrected chi connectivity index (χ4v) is 3.21. The number of benzene rings is 1. The molecule has 1 N–H and O–H groups in total. The SMILES string of the molecule is CCNCc1cnc(C)c2oc(-c3cc(=O)oc4cc(C)ccc34)cc12. The number of hydrogen-bond acceptors (Lipinski definition) is 5. The molecule has 0 spiro atoms. The van der Waals surface area contributed by atoms with Crippen LogP contribution in [0, 0.1) is 13.8 Å². The number of nitrogens with zero attached hydrogens (tertiary/aromatic N) is 1. The molecule has 0 radical (unpaired) electrons.